The van der Waals surface area contributed by atoms with Gasteiger partial charge in [-0.15, -0.1) is 0 Å². The van der Waals surface area contributed by atoms with Crippen LogP contribution in [0, 0.1) is 0 Å². The van der Waals surface area contributed by atoms with Gasteiger partial charge in [0.25, 0.3) is 5.89 Å². The maximum Gasteiger partial charge on any atom is 0.260 e. The number of aromatic hydroxyl groups is 1. The van der Waals surface area contributed by atoms with E-state index in [1.807, 2.05) is 12.1 Å². The van der Waals surface area contributed by atoms with Gasteiger partial charge in [0.05, 0.1) is 5.56 Å². The van der Waals surface area contributed by atoms with Crippen molar-refractivity contribution in [2.24, 2.45) is 0 Å². The van der Waals surface area contributed by atoms with Gasteiger partial charge in [-0.3, -0.25) is 0 Å². The highest BCUT2D eigenvalue weighted by atomic mass is 79.9. The van der Waals surface area contributed by atoms with Crippen LogP contribution in [0.3, 0.4) is 0 Å². The van der Waals surface area contributed by atoms with Crippen molar-refractivity contribution in [3.05, 3.63) is 46.9 Å². The van der Waals surface area contributed by atoms with E-state index in [9.17, 15) is 5.11 Å². The van der Waals surface area contributed by atoms with Crippen LogP contribution in [0.25, 0.3) is 22.8 Å². The van der Waals surface area contributed by atoms with Gasteiger partial charge in [0, 0.05) is 15.7 Å². The minimum absolute atomic E-state index is 0.149. The maximum absolute atomic E-state index is 9.47. The lowest BCUT2D eigenvalue weighted by atomic mass is 10.2. The third kappa shape index (κ3) is 2.37. The molecule has 0 bridgehead atoms. The Morgan fingerprint density at radius 1 is 1.15 bits per heavy atom. The molecule has 0 saturated heterocycles. The highest BCUT2D eigenvalue weighted by Gasteiger charge is 2.13. The average molecular weight is 332 g/mol. The Labute approximate surface area is 123 Å². The van der Waals surface area contributed by atoms with Gasteiger partial charge >= 0.3 is 0 Å². The topological polar surface area (TPSA) is 85.2 Å². The summed E-state index contributed by atoms with van der Waals surface area (Å²) in [6.45, 7) is 0. The fourth-order valence-corrected chi connectivity index (χ4v) is 2.17. The molecule has 5 nitrogen and oxygen atoms in total. The molecule has 0 spiro atoms. The number of anilines is 1. The van der Waals surface area contributed by atoms with Gasteiger partial charge in [-0.05, 0) is 30.3 Å². The van der Waals surface area contributed by atoms with Gasteiger partial charge in [-0.1, -0.05) is 33.2 Å². The quantitative estimate of drug-likeness (QED) is 0.702. The third-order valence-corrected chi connectivity index (χ3v) is 3.27. The predicted octanol–water partition coefficient (Wildman–Crippen LogP) is 3.45. The summed E-state index contributed by atoms with van der Waals surface area (Å²) in [7, 11) is 0. The number of phenolic OH excluding ortho intramolecular Hbond substituents is 1. The SMILES string of the molecule is Nc1ccc(Br)cc1-c1nc(-c2cccc(O)c2)no1. The summed E-state index contributed by atoms with van der Waals surface area (Å²) in [6.07, 6.45) is 0. The van der Waals surface area contributed by atoms with Crippen LogP contribution in [0.5, 0.6) is 5.75 Å². The monoisotopic (exact) mass is 331 g/mol. The van der Waals surface area contributed by atoms with E-state index in [-0.39, 0.29) is 5.75 Å². The molecule has 0 fully saturated rings. The first-order valence-electron chi connectivity index (χ1n) is 5.82. The van der Waals surface area contributed by atoms with Gasteiger partial charge in [0.2, 0.25) is 5.82 Å². The number of aromatic nitrogens is 2. The Bertz CT molecular complexity index is 771. The summed E-state index contributed by atoms with van der Waals surface area (Å²) < 4.78 is 6.11. The molecular weight excluding hydrogens is 322 g/mol. The highest BCUT2D eigenvalue weighted by Crippen LogP contribution is 2.29. The molecule has 0 amide bonds. The van der Waals surface area contributed by atoms with Crippen molar-refractivity contribution in [3.63, 3.8) is 0 Å². The number of hydrogen-bond donors (Lipinski definition) is 2. The molecular formula is C14H10BrN3O2. The molecule has 3 N–H and O–H groups in total. The summed E-state index contributed by atoms with van der Waals surface area (Å²) in [5, 5.41) is 13.4. The normalized spacial score (nSPS) is 10.7. The van der Waals surface area contributed by atoms with E-state index in [1.54, 1.807) is 30.3 Å². The Hall–Kier alpha value is -2.34. The molecule has 0 aliphatic rings. The number of rotatable bonds is 2. The van der Waals surface area contributed by atoms with E-state index in [2.05, 4.69) is 26.1 Å². The van der Waals surface area contributed by atoms with E-state index in [0.717, 1.165) is 4.47 Å². The van der Waals surface area contributed by atoms with E-state index in [1.165, 1.54) is 0 Å². The smallest absolute Gasteiger partial charge is 0.260 e. The fourth-order valence-electron chi connectivity index (χ4n) is 1.81. The Kier molecular flexibility index (Phi) is 3.15. The number of hydrogen-bond acceptors (Lipinski definition) is 5. The Balaban J connectivity index is 2.04. The van der Waals surface area contributed by atoms with Gasteiger partial charge in [-0.25, -0.2) is 0 Å². The third-order valence-electron chi connectivity index (χ3n) is 2.78. The predicted molar refractivity (Wildman–Crippen MR) is 78.9 cm³/mol. The van der Waals surface area contributed by atoms with Crippen molar-refractivity contribution in [1.82, 2.24) is 10.1 Å². The molecule has 6 heteroatoms. The van der Waals surface area contributed by atoms with Crippen molar-refractivity contribution < 1.29 is 9.63 Å². The van der Waals surface area contributed by atoms with Crippen LogP contribution < -0.4 is 5.73 Å². The molecule has 0 radical (unpaired) electrons. The van der Waals surface area contributed by atoms with Crippen LogP contribution in [-0.4, -0.2) is 15.2 Å². The molecule has 0 aliphatic carbocycles. The van der Waals surface area contributed by atoms with Crippen LogP contribution in [0.15, 0.2) is 51.5 Å². The van der Waals surface area contributed by atoms with Crippen LogP contribution >= 0.6 is 15.9 Å². The van der Waals surface area contributed by atoms with Crippen LogP contribution in [0.1, 0.15) is 0 Å². The molecule has 0 atom stereocenters. The zero-order chi connectivity index (χ0) is 14.1. The highest BCUT2D eigenvalue weighted by molar-refractivity contribution is 9.10. The minimum atomic E-state index is 0.149. The molecule has 3 rings (SSSR count). The van der Waals surface area contributed by atoms with E-state index in [0.29, 0.717) is 28.5 Å². The molecule has 1 aromatic heterocycles. The first kappa shape index (κ1) is 12.7. The minimum Gasteiger partial charge on any atom is -0.508 e. The van der Waals surface area contributed by atoms with Gasteiger partial charge in [-0.2, -0.15) is 4.98 Å². The van der Waals surface area contributed by atoms with Crippen molar-refractivity contribution in [2.45, 2.75) is 0 Å². The Morgan fingerprint density at radius 3 is 2.80 bits per heavy atom. The first-order chi connectivity index (χ1) is 9.63. The second-order valence-corrected chi connectivity index (χ2v) is 5.12. The van der Waals surface area contributed by atoms with Crippen molar-refractivity contribution in [2.75, 3.05) is 5.73 Å². The molecule has 3 aromatic rings. The van der Waals surface area contributed by atoms with Gasteiger partial charge < -0.3 is 15.4 Å². The van der Waals surface area contributed by atoms with E-state index < -0.39 is 0 Å². The van der Waals surface area contributed by atoms with Gasteiger partial charge in [0.15, 0.2) is 0 Å². The summed E-state index contributed by atoms with van der Waals surface area (Å²) in [6, 6.07) is 12.1. The van der Waals surface area contributed by atoms with Crippen molar-refractivity contribution in [3.8, 4) is 28.6 Å². The molecule has 0 saturated carbocycles. The van der Waals surface area contributed by atoms with Crippen LogP contribution in [-0.2, 0) is 0 Å². The molecule has 0 aliphatic heterocycles. The Morgan fingerprint density at radius 2 is 2.00 bits per heavy atom. The lowest BCUT2D eigenvalue weighted by molar-refractivity contribution is 0.432. The summed E-state index contributed by atoms with van der Waals surface area (Å²) in [5.74, 6) is 0.883. The number of nitrogen functional groups attached to an aromatic ring is 1. The molecule has 1 heterocycles. The maximum atomic E-state index is 9.47. The van der Waals surface area contributed by atoms with Crippen molar-refractivity contribution >= 4 is 21.6 Å². The van der Waals surface area contributed by atoms with E-state index in [4.69, 9.17) is 10.3 Å². The summed E-state index contributed by atoms with van der Waals surface area (Å²) in [5.41, 5.74) is 7.80. The van der Waals surface area contributed by atoms with Crippen LogP contribution in [0.2, 0.25) is 0 Å². The number of nitrogens with zero attached hydrogens (tertiary/aromatic N) is 2. The lowest BCUT2D eigenvalue weighted by Crippen LogP contribution is -1.90. The molecule has 0 unspecified atom stereocenters. The van der Waals surface area contributed by atoms with Gasteiger partial charge in [0.1, 0.15) is 5.75 Å². The average Bonchev–Trinajstić information content (AvgIpc) is 2.91. The first-order valence-corrected chi connectivity index (χ1v) is 6.61. The number of nitrogens with two attached hydrogens (primary N) is 1. The summed E-state index contributed by atoms with van der Waals surface area (Å²) in [4.78, 5) is 4.30. The van der Waals surface area contributed by atoms with Crippen molar-refractivity contribution in [1.29, 1.82) is 0 Å². The zero-order valence-corrected chi connectivity index (χ0v) is 11.8. The standard InChI is InChI=1S/C14H10BrN3O2/c15-9-4-5-12(16)11(7-9)14-17-13(18-20-14)8-2-1-3-10(19)6-8/h1-7,19H,16H2. The van der Waals surface area contributed by atoms with Crippen LogP contribution in [0.4, 0.5) is 5.69 Å². The second-order valence-electron chi connectivity index (χ2n) is 4.21. The number of benzene rings is 2. The second kappa shape index (κ2) is 4.97. The largest absolute Gasteiger partial charge is 0.508 e. The zero-order valence-electron chi connectivity index (χ0n) is 10.2. The number of phenols is 1. The number of halogens is 1. The summed E-state index contributed by atoms with van der Waals surface area (Å²) >= 11 is 3.38. The molecule has 100 valence electrons. The molecule has 2 aromatic carbocycles. The van der Waals surface area contributed by atoms with E-state index >= 15 is 0 Å². The fraction of sp³-hybridized carbons (Fsp3) is 0. The molecule has 20 heavy (non-hydrogen) atoms. The lowest BCUT2D eigenvalue weighted by Gasteiger charge is -2.00.